The molecule has 5 nitrogen and oxygen atoms in total. The number of nitrogens with one attached hydrogen (secondary N) is 2. The molecule has 1 aliphatic carbocycles. The minimum atomic E-state index is -0.404. The van der Waals surface area contributed by atoms with Crippen LogP contribution in [0.1, 0.15) is 23.6 Å². The molecule has 0 aliphatic heterocycles. The molecule has 2 aromatic rings. The first-order valence-corrected chi connectivity index (χ1v) is 6.86. The first-order chi connectivity index (χ1) is 9.22. The second kappa shape index (κ2) is 4.89. The second-order valence-corrected chi connectivity index (χ2v) is 5.50. The predicted octanol–water partition coefficient (Wildman–Crippen LogP) is 3.37. The van der Waals surface area contributed by atoms with Crippen molar-refractivity contribution in [3.8, 4) is 5.75 Å². The molecule has 0 bridgehead atoms. The molecule has 1 aliphatic rings. The highest BCUT2D eigenvalue weighted by molar-refractivity contribution is 7.15. The third-order valence-corrected chi connectivity index (χ3v) is 3.95. The number of amides is 2. The van der Waals surface area contributed by atoms with Crippen molar-refractivity contribution in [3.05, 3.63) is 35.3 Å². The van der Waals surface area contributed by atoms with Crippen molar-refractivity contribution in [3.63, 3.8) is 0 Å². The number of hydrogen-bond donors (Lipinski definition) is 3. The van der Waals surface area contributed by atoms with Crippen LogP contribution in [-0.4, -0.2) is 16.1 Å². The Labute approximate surface area is 114 Å². The van der Waals surface area contributed by atoms with Crippen LogP contribution < -0.4 is 10.6 Å². The first-order valence-electron chi connectivity index (χ1n) is 6.04. The quantitative estimate of drug-likeness (QED) is 0.752. The molecule has 98 valence electrons. The summed E-state index contributed by atoms with van der Waals surface area (Å²) in [6.45, 7) is 0. The van der Waals surface area contributed by atoms with Gasteiger partial charge in [0.2, 0.25) is 0 Å². The van der Waals surface area contributed by atoms with Gasteiger partial charge in [-0.3, -0.25) is 5.32 Å². The smallest absolute Gasteiger partial charge is 0.325 e. The molecule has 0 spiro atoms. The molecule has 0 saturated heterocycles. The molecule has 0 unspecified atom stereocenters. The highest BCUT2D eigenvalue weighted by Gasteiger charge is 2.25. The third-order valence-electron chi connectivity index (χ3n) is 2.88. The Bertz CT molecular complexity index is 607. The van der Waals surface area contributed by atoms with Crippen molar-refractivity contribution < 1.29 is 9.90 Å². The van der Waals surface area contributed by atoms with Gasteiger partial charge < -0.3 is 10.4 Å². The molecule has 1 aromatic heterocycles. The van der Waals surface area contributed by atoms with E-state index < -0.39 is 6.03 Å². The van der Waals surface area contributed by atoms with Gasteiger partial charge in [-0.2, -0.15) is 0 Å². The maximum Gasteiger partial charge on any atom is 0.325 e. The molecular formula is C13H13N3O2S. The van der Waals surface area contributed by atoms with Gasteiger partial charge in [0, 0.05) is 11.1 Å². The van der Waals surface area contributed by atoms with Crippen LogP contribution in [0.5, 0.6) is 5.75 Å². The zero-order valence-electron chi connectivity index (χ0n) is 10.1. The number of urea groups is 1. The summed E-state index contributed by atoms with van der Waals surface area (Å²) in [7, 11) is 0. The minimum Gasteiger partial charge on any atom is -0.506 e. The highest BCUT2D eigenvalue weighted by atomic mass is 32.1. The van der Waals surface area contributed by atoms with Gasteiger partial charge in [-0.25, -0.2) is 9.78 Å². The van der Waals surface area contributed by atoms with E-state index >= 15 is 0 Å². The summed E-state index contributed by atoms with van der Waals surface area (Å²) < 4.78 is 0. The van der Waals surface area contributed by atoms with Crippen LogP contribution in [0.15, 0.2) is 30.5 Å². The van der Waals surface area contributed by atoms with Crippen LogP contribution in [0.4, 0.5) is 15.6 Å². The lowest BCUT2D eigenvalue weighted by Gasteiger charge is -2.06. The molecule has 3 N–H and O–H groups in total. The van der Waals surface area contributed by atoms with Crippen molar-refractivity contribution in [2.24, 2.45) is 0 Å². The Morgan fingerprint density at radius 1 is 1.32 bits per heavy atom. The Balaban J connectivity index is 1.62. The summed E-state index contributed by atoms with van der Waals surface area (Å²) in [6, 6.07) is 6.18. The summed E-state index contributed by atoms with van der Waals surface area (Å²) in [6.07, 6.45) is 4.25. The van der Waals surface area contributed by atoms with Crippen LogP contribution in [-0.2, 0) is 0 Å². The Morgan fingerprint density at radius 3 is 2.84 bits per heavy atom. The van der Waals surface area contributed by atoms with E-state index in [1.165, 1.54) is 35.1 Å². The number of rotatable bonds is 3. The Morgan fingerprint density at radius 2 is 2.11 bits per heavy atom. The van der Waals surface area contributed by atoms with Gasteiger partial charge in [-0.05, 0) is 30.9 Å². The van der Waals surface area contributed by atoms with Gasteiger partial charge >= 0.3 is 6.03 Å². The summed E-state index contributed by atoms with van der Waals surface area (Å²) in [5.74, 6) is 0.671. The van der Waals surface area contributed by atoms with Gasteiger partial charge in [-0.15, -0.1) is 11.3 Å². The van der Waals surface area contributed by atoms with Gasteiger partial charge in [0.1, 0.15) is 5.75 Å². The fraction of sp³-hybridized carbons (Fsp3) is 0.231. The van der Waals surface area contributed by atoms with Crippen molar-refractivity contribution in [1.29, 1.82) is 0 Å². The molecule has 1 saturated carbocycles. The lowest BCUT2D eigenvalue weighted by Crippen LogP contribution is -2.19. The van der Waals surface area contributed by atoms with E-state index in [0.717, 1.165) is 0 Å². The van der Waals surface area contributed by atoms with E-state index in [9.17, 15) is 9.90 Å². The average molecular weight is 275 g/mol. The van der Waals surface area contributed by atoms with Gasteiger partial charge in [-0.1, -0.05) is 12.1 Å². The van der Waals surface area contributed by atoms with Crippen molar-refractivity contribution in [2.45, 2.75) is 18.8 Å². The molecule has 0 radical (unpaired) electrons. The summed E-state index contributed by atoms with van der Waals surface area (Å²) >= 11 is 1.50. The zero-order chi connectivity index (χ0) is 13.2. The monoisotopic (exact) mass is 275 g/mol. The summed E-state index contributed by atoms with van der Waals surface area (Å²) in [5, 5.41) is 15.4. The summed E-state index contributed by atoms with van der Waals surface area (Å²) in [5.41, 5.74) is 0.374. The molecule has 19 heavy (non-hydrogen) atoms. The number of phenols is 1. The highest BCUT2D eigenvalue weighted by Crippen LogP contribution is 2.43. The normalized spacial score (nSPS) is 14.1. The van der Waals surface area contributed by atoms with Crippen LogP contribution in [0.2, 0.25) is 0 Å². The maximum absolute atomic E-state index is 11.8. The number of hydrogen-bond acceptors (Lipinski definition) is 4. The maximum atomic E-state index is 11.8. The summed E-state index contributed by atoms with van der Waals surface area (Å²) in [4.78, 5) is 17.1. The number of carbonyl (C=O) groups excluding carboxylic acids is 1. The Hall–Kier alpha value is -2.08. The average Bonchev–Trinajstić information content (AvgIpc) is 3.14. The number of aromatic nitrogens is 1. The number of nitrogens with zero attached hydrogens (tertiary/aromatic N) is 1. The molecule has 1 heterocycles. The molecule has 1 aromatic carbocycles. The molecule has 3 rings (SSSR count). The lowest BCUT2D eigenvalue weighted by molar-refractivity contribution is 0.262. The third kappa shape index (κ3) is 2.85. The first kappa shape index (κ1) is 12.0. The zero-order valence-corrected chi connectivity index (χ0v) is 10.9. The van der Waals surface area contributed by atoms with Crippen molar-refractivity contribution >= 4 is 28.2 Å². The molecular weight excluding hydrogens is 262 g/mol. The van der Waals surface area contributed by atoms with Gasteiger partial charge in [0.15, 0.2) is 5.13 Å². The van der Waals surface area contributed by atoms with Crippen LogP contribution >= 0.6 is 11.3 Å². The van der Waals surface area contributed by atoms with E-state index in [2.05, 4.69) is 15.6 Å². The van der Waals surface area contributed by atoms with E-state index in [-0.39, 0.29) is 5.75 Å². The number of phenolic OH excluding ortho intramolecular Hbond substituents is 1. The number of anilines is 2. The van der Waals surface area contributed by atoms with Crippen LogP contribution in [0, 0.1) is 0 Å². The fourth-order valence-electron chi connectivity index (χ4n) is 1.73. The van der Waals surface area contributed by atoms with E-state index in [4.69, 9.17) is 0 Å². The van der Waals surface area contributed by atoms with Gasteiger partial charge in [0.25, 0.3) is 0 Å². The van der Waals surface area contributed by atoms with Crippen LogP contribution in [0.3, 0.4) is 0 Å². The minimum absolute atomic E-state index is 0.0375. The van der Waals surface area contributed by atoms with E-state index in [1.807, 2.05) is 6.20 Å². The molecule has 1 fully saturated rings. The van der Waals surface area contributed by atoms with Crippen molar-refractivity contribution in [1.82, 2.24) is 4.98 Å². The van der Waals surface area contributed by atoms with Crippen LogP contribution in [0.25, 0.3) is 0 Å². The van der Waals surface area contributed by atoms with Gasteiger partial charge in [0.05, 0.1) is 5.69 Å². The number of carbonyl (C=O) groups is 1. The largest absolute Gasteiger partial charge is 0.506 e. The fourth-order valence-corrected chi connectivity index (χ4v) is 2.71. The predicted molar refractivity (Wildman–Crippen MR) is 74.8 cm³/mol. The molecule has 6 heteroatoms. The molecule has 2 amide bonds. The lowest BCUT2D eigenvalue weighted by atomic mass is 10.3. The Kier molecular flexibility index (Phi) is 3.08. The van der Waals surface area contributed by atoms with E-state index in [1.54, 1.807) is 18.2 Å². The number of aromatic hydroxyl groups is 1. The SMILES string of the molecule is O=C(Nc1ncc(C2CC2)s1)Nc1ccccc1O. The number of para-hydroxylation sites is 2. The van der Waals surface area contributed by atoms with Crippen molar-refractivity contribution in [2.75, 3.05) is 10.6 Å². The topological polar surface area (TPSA) is 74.2 Å². The standard InChI is InChI=1S/C13H13N3O2S/c17-10-4-2-1-3-9(10)15-12(18)16-13-14-7-11(19-13)8-5-6-8/h1-4,7-8,17H,5-6H2,(H2,14,15,16,18). The van der Waals surface area contributed by atoms with E-state index in [0.29, 0.717) is 16.7 Å². The molecule has 0 atom stereocenters. The number of benzene rings is 1. The number of thiazole rings is 1. The second-order valence-electron chi connectivity index (χ2n) is 4.44.